The first-order valence-corrected chi connectivity index (χ1v) is 6.53. The molecule has 0 heterocycles. The van der Waals surface area contributed by atoms with Gasteiger partial charge in [-0.15, -0.1) is 0 Å². The van der Waals surface area contributed by atoms with Crippen LogP contribution in [0, 0.1) is 6.92 Å². The molecule has 0 aliphatic rings. The van der Waals surface area contributed by atoms with Crippen LogP contribution in [-0.4, -0.2) is 12.1 Å². The van der Waals surface area contributed by atoms with Crippen LogP contribution < -0.4 is 10.1 Å². The molecule has 17 heavy (non-hydrogen) atoms. The zero-order chi connectivity index (χ0) is 12.8. The van der Waals surface area contributed by atoms with E-state index in [1.165, 1.54) is 11.1 Å². The van der Waals surface area contributed by atoms with Gasteiger partial charge < -0.3 is 10.1 Å². The number of benzene rings is 1. The highest BCUT2D eigenvalue weighted by Crippen LogP contribution is 2.24. The van der Waals surface area contributed by atoms with Gasteiger partial charge in [-0.2, -0.15) is 0 Å². The van der Waals surface area contributed by atoms with E-state index < -0.39 is 0 Å². The second kappa shape index (κ2) is 6.65. The fourth-order valence-electron chi connectivity index (χ4n) is 1.69. The van der Waals surface area contributed by atoms with E-state index in [-0.39, 0.29) is 6.10 Å². The highest BCUT2D eigenvalue weighted by molar-refractivity contribution is 5.40. The average Bonchev–Trinajstić information content (AvgIpc) is 2.29. The molecule has 1 N–H and O–H groups in total. The highest BCUT2D eigenvalue weighted by Gasteiger charge is 2.09. The zero-order valence-electron chi connectivity index (χ0n) is 11.7. The van der Waals surface area contributed by atoms with Crippen LogP contribution in [0.25, 0.3) is 0 Å². The van der Waals surface area contributed by atoms with Crippen molar-refractivity contribution in [2.75, 3.05) is 0 Å². The Morgan fingerprint density at radius 2 is 1.94 bits per heavy atom. The van der Waals surface area contributed by atoms with Gasteiger partial charge >= 0.3 is 0 Å². The molecule has 0 saturated heterocycles. The molecular formula is C15H25NO. The quantitative estimate of drug-likeness (QED) is 0.812. The Labute approximate surface area is 105 Å². The first-order chi connectivity index (χ1) is 8.04. The first kappa shape index (κ1) is 14.0. The summed E-state index contributed by atoms with van der Waals surface area (Å²) in [6.45, 7) is 11.5. The normalized spacial score (nSPS) is 12.8. The van der Waals surface area contributed by atoms with Crippen LogP contribution in [0.15, 0.2) is 18.2 Å². The average molecular weight is 235 g/mol. The Morgan fingerprint density at radius 3 is 2.53 bits per heavy atom. The van der Waals surface area contributed by atoms with Crippen LogP contribution in [0.5, 0.6) is 5.75 Å². The molecule has 1 aromatic rings. The van der Waals surface area contributed by atoms with Gasteiger partial charge in [0.25, 0.3) is 0 Å². The lowest BCUT2D eigenvalue weighted by Gasteiger charge is -2.18. The molecule has 2 heteroatoms. The summed E-state index contributed by atoms with van der Waals surface area (Å²) in [6, 6.07) is 6.88. The van der Waals surface area contributed by atoms with Crippen molar-refractivity contribution in [3.63, 3.8) is 0 Å². The lowest BCUT2D eigenvalue weighted by atomic mass is 10.1. The molecule has 0 aromatic heterocycles. The highest BCUT2D eigenvalue weighted by atomic mass is 16.5. The van der Waals surface area contributed by atoms with Gasteiger partial charge in [0.05, 0.1) is 6.10 Å². The number of nitrogens with one attached hydrogen (secondary N) is 1. The van der Waals surface area contributed by atoms with Gasteiger partial charge in [-0.25, -0.2) is 0 Å². The predicted octanol–water partition coefficient (Wildman–Crippen LogP) is 3.67. The fourth-order valence-corrected chi connectivity index (χ4v) is 1.69. The smallest absolute Gasteiger partial charge is 0.127 e. The summed E-state index contributed by atoms with van der Waals surface area (Å²) in [4.78, 5) is 0. The zero-order valence-corrected chi connectivity index (χ0v) is 11.7. The van der Waals surface area contributed by atoms with Crippen molar-refractivity contribution < 1.29 is 4.74 Å². The molecule has 2 nitrogen and oxygen atoms in total. The summed E-state index contributed by atoms with van der Waals surface area (Å²) in [6.07, 6.45) is 1.37. The summed E-state index contributed by atoms with van der Waals surface area (Å²) in [5.74, 6) is 1.04. The molecule has 0 unspecified atom stereocenters. The molecule has 1 atom stereocenters. The number of hydrogen-bond donors (Lipinski definition) is 1. The van der Waals surface area contributed by atoms with Crippen molar-refractivity contribution >= 4 is 0 Å². The van der Waals surface area contributed by atoms with E-state index in [4.69, 9.17) is 4.74 Å². The van der Waals surface area contributed by atoms with Crippen LogP contribution in [0.1, 0.15) is 45.2 Å². The number of rotatable bonds is 6. The van der Waals surface area contributed by atoms with Crippen molar-refractivity contribution in [3.05, 3.63) is 29.3 Å². The molecule has 0 saturated carbocycles. The maximum absolute atomic E-state index is 5.90. The molecule has 0 aliphatic heterocycles. The van der Waals surface area contributed by atoms with Gasteiger partial charge in [-0.3, -0.25) is 0 Å². The molecule has 96 valence electrons. The number of ether oxygens (including phenoxy) is 1. The van der Waals surface area contributed by atoms with Crippen LogP contribution in [0.2, 0.25) is 0 Å². The van der Waals surface area contributed by atoms with Gasteiger partial charge in [-0.05, 0) is 39.7 Å². The Bertz CT molecular complexity index is 347. The van der Waals surface area contributed by atoms with Crippen molar-refractivity contribution in [1.82, 2.24) is 5.32 Å². The number of para-hydroxylation sites is 1. The Balaban J connectivity index is 2.79. The van der Waals surface area contributed by atoms with E-state index in [1.54, 1.807) is 0 Å². The first-order valence-electron chi connectivity index (χ1n) is 6.53. The van der Waals surface area contributed by atoms with Gasteiger partial charge in [0.2, 0.25) is 0 Å². The van der Waals surface area contributed by atoms with E-state index in [2.05, 4.69) is 58.1 Å². The largest absolute Gasteiger partial charge is 0.490 e. The van der Waals surface area contributed by atoms with Crippen LogP contribution in [0.4, 0.5) is 0 Å². The molecule has 0 radical (unpaired) electrons. The Morgan fingerprint density at radius 1 is 1.24 bits per heavy atom. The van der Waals surface area contributed by atoms with Gasteiger partial charge in [0.1, 0.15) is 5.75 Å². The number of aryl methyl sites for hydroxylation is 1. The van der Waals surface area contributed by atoms with Crippen LogP contribution >= 0.6 is 0 Å². The van der Waals surface area contributed by atoms with Crippen LogP contribution in [-0.2, 0) is 6.54 Å². The van der Waals surface area contributed by atoms with Crippen molar-refractivity contribution in [3.8, 4) is 5.75 Å². The lowest BCUT2D eigenvalue weighted by Crippen LogP contribution is -2.25. The third kappa shape index (κ3) is 4.39. The fraction of sp³-hybridized carbons (Fsp3) is 0.600. The third-order valence-corrected chi connectivity index (χ3v) is 2.90. The molecule has 1 rings (SSSR count). The van der Waals surface area contributed by atoms with Gasteiger partial charge in [0.15, 0.2) is 0 Å². The van der Waals surface area contributed by atoms with E-state index in [9.17, 15) is 0 Å². The van der Waals surface area contributed by atoms with Crippen molar-refractivity contribution in [2.45, 2.75) is 59.7 Å². The second-order valence-electron chi connectivity index (χ2n) is 4.92. The van der Waals surface area contributed by atoms with Crippen LogP contribution in [0.3, 0.4) is 0 Å². The molecule has 1 aromatic carbocycles. The van der Waals surface area contributed by atoms with E-state index in [0.717, 1.165) is 18.7 Å². The SMILES string of the molecule is CC[C@H](C)NCc1cccc(C)c1OC(C)C. The molecular weight excluding hydrogens is 210 g/mol. The summed E-state index contributed by atoms with van der Waals surface area (Å²) in [5.41, 5.74) is 2.46. The van der Waals surface area contributed by atoms with E-state index >= 15 is 0 Å². The predicted molar refractivity (Wildman–Crippen MR) is 73.5 cm³/mol. The van der Waals surface area contributed by atoms with Crippen molar-refractivity contribution in [2.24, 2.45) is 0 Å². The molecule has 0 amide bonds. The summed E-state index contributed by atoms with van der Waals surface area (Å²) in [7, 11) is 0. The minimum atomic E-state index is 0.221. The minimum Gasteiger partial charge on any atom is -0.490 e. The Hall–Kier alpha value is -1.02. The Kier molecular flexibility index (Phi) is 5.49. The van der Waals surface area contributed by atoms with Gasteiger partial charge in [0, 0.05) is 18.2 Å². The molecule has 0 fully saturated rings. The third-order valence-electron chi connectivity index (χ3n) is 2.90. The van der Waals surface area contributed by atoms with Crippen molar-refractivity contribution in [1.29, 1.82) is 0 Å². The summed E-state index contributed by atoms with van der Waals surface area (Å²) >= 11 is 0. The summed E-state index contributed by atoms with van der Waals surface area (Å²) < 4.78 is 5.90. The molecule has 0 spiro atoms. The number of hydrogen-bond acceptors (Lipinski definition) is 2. The lowest BCUT2D eigenvalue weighted by molar-refractivity contribution is 0.237. The van der Waals surface area contributed by atoms with Gasteiger partial charge in [-0.1, -0.05) is 25.1 Å². The second-order valence-corrected chi connectivity index (χ2v) is 4.92. The molecule has 0 aliphatic carbocycles. The van der Waals surface area contributed by atoms with E-state index in [1.807, 2.05) is 0 Å². The monoisotopic (exact) mass is 235 g/mol. The standard InChI is InChI=1S/C15H25NO/c1-6-13(5)16-10-14-9-7-8-12(4)15(14)17-11(2)3/h7-9,11,13,16H,6,10H2,1-5H3/t13-/m0/s1. The maximum atomic E-state index is 5.90. The maximum Gasteiger partial charge on any atom is 0.127 e. The van der Waals surface area contributed by atoms with E-state index in [0.29, 0.717) is 6.04 Å². The topological polar surface area (TPSA) is 21.3 Å². The molecule has 0 bridgehead atoms. The minimum absolute atomic E-state index is 0.221. The summed E-state index contributed by atoms with van der Waals surface area (Å²) in [5, 5.41) is 3.51.